The van der Waals surface area contributed by atoms with Gasteiger partial charge in [0.05, 0.1) is 4.47 Å². The Bertz CT molecular complexity index is 542. The van der Waals surface area contributed by atoms with E-state index < -0.39 is 0 Å². The summed E-state index contributed by atoms with van der Waals surface area (Å²) in [4.78, 5) is 0. The summed E-state index contributed by atoms with van der Waals surface area (Å²) in [5.74, 6) is 0.329. The highest BCUT2D eigenvalue weighted by Gasteiger charge is 2.04. The molecule has 1 unspecified atom stereocenters. The molecule has 0 bridgehead atoms. The molecule has 0 aliphatic rings. The lowest BCUT2D eigenvalue weighted by atomic mass is 9.98. The van der Waals surface area contributed by atoms with Crippen LogP contribution in [0.25, 0.3) is 0 Å². The van der Waals surface area contributed by atoms with E-state index in [1.165, 1.54) is 11.6 Å². The fraction of sp³-hybridized carbons (Fsp3) is 0.294. The third kappa shape index (κ3) is 4.43. The normalized spacial score (nSPS) is 12.3. The van der Waals surface area contributed by atoms with Gasteiger partial charge in [0.2, 0.25) is 0 Å². The molecular formula is C17H19BrFN. The summed E-state index contributed by atoms with van der Waals surface area (Å²) in [5, 5.41) is 3.41. The smallest absolute Gasteiger partial charge is 0.137 e. The Kier molecular flexibility index (Phi) is 5.74. The number of halogens is 2. The Morgan fingerprint density at radius 3 is 2.60 bits per heavy atom. The molecule has 20 heavy (non-hydrogen) atoms. The van der Waals surface area contributed by atoms with Gasteiger partial charge < -0.3 is 5.32 Å². The van der Waals surface area contributed by atoms with Crippen molar-refractivity contribution in [2.24, 2.45) is 0 Å². The lowest BCUT2D eigenvalue weighted by Gasteiger charge is -2.12. The standard InChI is InChI=1S/C17H19BrFN/c1-13(15-5-3-2-4-6-15)9-10-20-12-14-7-8-17(19)16(18)11-14/h2-8,11,13,20H,9-10,12H2,1H3. The van der Waals surface area contributed by atoms with Crippen LogP contribution < -0.4 is 5.32 Å². The van der Waals surface area contributed by atoms with Crippen molar-refractivity contribution in [2.75, 3.05) is 6.54 Å². The van der Waals surface area contributed by atoms with Crippen LogP contribution in [0.4, 0.5) is 4.39 Å². The van der Waals surface area contributed by atoms with Gasteiger partial charge >= 0.3 is 0 Å². The Morgan fingerprint density at radius 1 is 1.15 bits per heavy atom. The van der Waals surface area contributed by atoms with Crippen LogP contribution in [-0.4, -0.2) is 6.54 Å². The van der Waals surface area contributed by atoms with E-state index in [0.29, 0.717) is 10.4 Å². The molecule has 0 radical (unpaired) electrons. The molecule has 2 aromatic rings. The van der Waals surface area contributed by atoms with Gasteiger partial charge in [-0.2, -0.15) is 0 Å². The van der Waals surface area contributed by atoms with E-state index in [-0.39, 0.29) is 5.82 Å². The maximum absolute atomic E-state index is 13.1. The molecule has 0 aromatic heterocycles. The number of hydrogen-bond donors (Lipinski definition) is 1. The minimum Gasteiger partial charge on any atom is -0.313 e. The summed E-state index contributed by atoms with van der Waals surface area (Å²) >= 11 is 3.21. The van der Waals surface area contributed by atoms with Gasteiger partial charge in [0.15, 0.2) is 0 Å². The van der Waals surface area contributed by atoms with Gasteiger partial charge in [0.25, 0.3) is 0 Å². The third-order valence-electron chi connectivity index (χ3n) is 3.44. The highest BCUT2D eigenvalue weighted by Crippen LogP contribution is 2.18. The van der Waals surface area contributed by atoms with Crippen molar-refractivity contribution in [1.29, 1.82) is 0 Å². The molecule has 0 amide bonds. The first-order valence-corrected chi connectivity index (χ1v) is 7.65. The number of nitrogens with one attached hydrogen (secondary N) is 1. The van der Waals surface area contributed by atoms with E-state index >= 15 is 0 Å². The summed E-state index contributed by atoms with van der Waals surface area (Å²) in [5.41, 5.74) is 2.46. The predicted octanol–water partition coefficient (Wildman–Crippen LogP) is 4.87. The molecular weight excluding hydrogens is 317 g/mol. The predicted molar refractivity (Wildman–Crippen MR) is 85.3 cm³/mol. The number of benzene rings is 2. The molecule has 0 aliphatic heterocycles. The molecule has 0 spiro atoms. The molecule has 1 nitrogen and oxygen atoms in total. The van der Waals surface area contributed by atoms with Crippen molar-refractivity contribution in [2.45, 2.75) is 25.8 Å². The van der Waals surface area contributed by atoms with E-state index in [4.69, 9.17) is 0 Å². The van der Waals surface area contributed by atoms with E-state index in [1.54, 1.807) is 0 Å². The molecule has 1 N–H and O–H groups in total. The lowest BCUT2D eigenvalue weighted by Crippen LogP contribution is -2.16. The molecule has 2 rings (SSSR count). The maximum atomic E-state index is 13.1. The minimum atomic E-state index is -0.216. The summed E-state index contributed by atoms with van der Waals surface area (Å²) in [6.45, 7) is 3.96. The van der Waals surface area contributed by atoms with Crippen LogP contribution in [0.5, 0.6) is 0 Å². The Labute approximate surface area is 128 Å². The van der Waals surface area contributed by atoms with Crippen molar-refractivity contribution in [3.05, 3.63) is 69.9 Å². The number of hydrogen-bond acceptors (Lipinski definition) is 1. The second-order valence-corrected chi connectivity index (χ2v) is 5.88. The molecule has 0 heterocycles. The second kappa shape index (κ2) is 7.55. The summed E-state index contributed by atoms with van der Waals surface area (Å²) < 4.78 is 13.6. The van der Waals surface area contributed by atoms with E-state index in [2.05, 4.69) is 52.4 Å². The van der Waals surface area contributed by atoms with Crippen LogP contribution >= 0.6 is 15.9 Å². The fourth-order valence-corrected chi connectivity index (χ4v) is 2.58. The largest absolute Gasteiger partial charge is 0.313 e. The first-order valence-electron chi connectivity index (χ1n) is 6.86. The van der Waals surface area contributed by atoms with Crippen LogP contribution in [0.1, 0.15) is 30.4 Å². The van der Waals surface area contributed by atoms with Crippen molar-refractivity contribution >= 4 is 15.9 Å². The second-order valence-electron chi connectivity index (χ2n) is 5.03. The first kappa shape index (κ1) is 15.2. The van der Waals surface area contributed by atoms with Crippen LogP contribution in [0.3, 0.4) is 0 Å². The summed E-state index contributed by atoms with van der Waals surface area (Å²) in [6, 6.07) is 15.7. The Morgan fingerprint density at radius 2 is 1.90 bits per heavy atom. The van der Waals surface area contributed by atoms with E-state index in [9.17, 15) is 4.39 Å². The van der Waals surface area contributed by atoms with Crippen molar-refractivity contribution in [3.8, 4) is 0 Å². The van der Waals surface area contributed by atoms with Gasteiger partial charge in [-0.25, -0.2) is 4.39 Å². The minimum absolute atomic E-state index is 0.216. The molecule has 0 aliphatic carbocycles. The highest BCUT2D eigenvalue weighted by molar-refractivity contribution is 9.10. The zero-order valence-corrected chi connectivity index (χ0v) is 13.2. The highest BCUT2D eigenvalue weighted by atomic mass is 79.9. The molecule has 1 atom stereocenters. The summed E-state index contributed by atoms with van der Waals surface area (Å²) in [6.07, 6.45) is 1.09. The van der Waals surface area contributed by atoms with Crippen LogP contribution in [0.15, 0.2) is 53.0 Å². The van der Waals surface area contributed by atoms with Crippen LogP contribution in [0.2, 0.25) is 0 Å². The maximum Gasteiger partial charge on any atom is 0.137 e. The van der Waals surface area contributed by atoms with E-state index in [1.807, 2.05) is 18.2 Å². The third-order valence-corrected chi connectivity index (χ3v) is 4.04. The lowest BCUT2D eigenvalue weighted by molar-refractivity contribution is 0.591. The molecule has 0 fully saturated rings. The quantitative estimate of drug-likeness (QED) is 0.742. The van der Waals surface area contributed by atoms with E-state index in [0.717, 1.165) is 25.1 Å². The van der Waals surface area contributed by atoms with Crippen molar-refractivity contribution in [3.63, 3.8) is 0 Å². The average Bonchev–Trinajstić information content (AvgIpc) is 2.48. The van der Waals surface area contributed by atoms with Gasteiger partial charge in [0, 0.05) is 6.54 Å². The van der Waals surface area contributed by atoms with Gasteiger partial charge in [0.1, 0.15) is 5.82 Å². The van der Waals surface area contributed by atoms with Crippen molar-refractivity contribution in [1.82, 2.24) is 5.32 Å². The van der Waals surface area contributed by atoms with Crippen LogP contribution in [0, 0.1) is 5.82 Å². The van der Waals surface area contributed by atoms with Gasteiger partial charge in [-0.05, 0) is 58.1 Å². The van der Waals surface area contributed by atoms with Crippen molar-refractivity contribution < 1.29 is 4.39 Å². The van der Waals surface area contributed by atoms with Crippen LogP contribution in [-0.2, 0) is 6.54 Å². The zero-order valence-electron chi connectivity index (χ0n) is 11.6. The monoisotopic (exact) mass is 335 g/mol. The molecule has 106 valence electrons. The van der Waals surface area contributed by atoms with Gasteiger partial charge in [-0.15, -0.1) is 0 Å². The Balaban J connectivity index is 1.75. The molecule has 2 aromatic carbocycles. The molecule has 0 saturated heterocycles. The molecule has 3 heteroatoms. The topological polar surface area (TPSA) is 12.0 Å². The SMILES string of the molecule is CC(CCNCc1ccc(F)c(Br)c1)c1ccccc1. The Hall–Kier alpha value is -1.19. The number of rotatable bonds is 6. The first-order chi connectivity index (χ1) is 9.66. The average molecular weight is 336 g/mol. The molecule has 0 saturated carbocycles. The van der Waals surface area contributed by atoms with Gasteiger partial charge in [-0.1, -0.05) is 43.3 Å². The zero-order chi connectivity index (χ0) is 14.4. The summed E-state index contributed by atoms with van der Waals surface area (Å²) in [7, 11) is 0. The fourth-order valence-electron chi connectivity index (χ4n) is 2.15. The van der Waals surface area contributed by atoms with Gasteiger partial charge in [-0.3, -0.25) is 0 Å².